The Balaban J connectivity index is 2.39. The normalized spacial score (nSPS) is 19.1. The zero-order valence-electron chi connectivity index (χ0n) is 7.63. The molecule has 4 heteroatoms. The summed E-state index contributed by atoms with van der Waals surface area (Å²) in [6.45, 7) is 0.156. The van der Waals surface area contributed by atoms with Gasteiger partial charge in [-0.1, -0.05) is 29.6 Å². The van der Waals surface area contributed by atoms with Crippen LogP contribution in [0.3, 0.4) is 0 Å². The standard InChI is InChI=1S/C10H11Cl2NO/c11-8-4-7(5-9(12)13-8)10(6-14)2-1-3-10/h4-5,14H,1-3,6H2. The highest BCUT2D eigenvalue weighted by molar-refractivity contribution is 6.32. The number of aliphatic hydroxyl groups is 1. The summed E-state index contributed by atoms with van der Waals surface area (Å²) >= 11 is 11.6. The number of nitrogens with zero attached hydrogens (tertiary/aromatic N) is 1. The minimum Gasteiger partial charge on any atom is -0.395 e. The van der Waals surface area contributed by atoms with E-state index in [9.17, 15) is 5.11 Å². The van der Waals surface area contributed by atoms with E-state index in [1.54, 1.807) is 12.1 Å². The predicted molar refractivity (Wildman–Crippen MR) is 56.9 cm³/mol. The van der Waals surface area contributed by atoms with Crippen LogP contribution in [0.4, 0.5) is 0 Å². The molecule has 2 rings (SSSR count). The van der Waals surface area contributed by atoms with E-state index in [0.717, 1.165) is 24.8 Å². The molecule has 0 spiro atoms. The molecule has 1 aromatic heterocycles. The van der Waals surface area contributed by atoms with Gasteiger partial charge in [-0.25, -0.2) is 4.98 Å². The van der Waals surface area contributed by atoms with Gasteiger partial charge in [0.1, 0.15) is 10.3 Å². The lowest BCUT2D eigenvalue weighted by molar-refractivity contribution is 0.120. The van der Waals surface area contributed by atoms with Gasteiger partial charge >= 0.3 is 0 Å². The molecule has 0 amide bonds. The van der Waals surface area contributed by atoms with Crippen LogP contribution in [0.15, 0.2) is 12.1 Å². The van der Waals surface area contributed by atoms with E-state index >= 15 is 0 Å². The van der Waals surface area contributed by atoms with Crippen molar-refractivity contribution in [2.24, 2.45) is 0 Å². The van der Waals surface area contributed by atoms with Crippen LogP contribution < -0.4 is 0 Å². The molecule has 1 aliphatic rings. The van der Waals surface area contributed by atoms with Crippen LogP contribution in [-0.2, 0) is 5.41 Å². The molecule has 0 aliphatic heterocycles. The van der Waals surface area contributed by atoms with Crippen molar-refractivity contribution in [2.45, 2.75) is 24.7 Å². The van der Waals surface area contributed by atoms with E-state index in [2.05, 4.69) is 4.98 Å². The van der Waals surface area contributed by atoms with Crippen LogP contribution in [0, 0.1) is 0 Å². The Hall–Kier alpha value is -0.310. The van der Waals surface area contributed by atoms with Crippen LogP contribution in [0.2, 0.25) is 10.3 Å². The fourth-order valence-corrected chi connectivity index (χ4v) is 2.37. The molecular weight excluding hydrogens is 221 g/mol. The first-order valence-corrected chi connectivity index (χ1v) is 5.36. The van der Waals surface area contributed by atoms with Gasteiger partial charge in [-0.15, -0.1) is 0 Å². The molecule has 14 heavy (non-hydrogen) atoms. The number of halogens is 2. The maximum atomic E-state index is 9.37. The van der Waals surface area contributed by atoms with Crippen molar-refractivity contribution in [2.75, 3.05) is 6.61 Å². The third-order valence-electron chi connectivity index (χ3n) is 2.99. The van der Waals surface area contributed by atoms with Gasteiger partial charge in [-0.05, 0) is 30.5 Å². The summed E-state index contributed by atoms with van der Waals surface area (Å²) in [5.74, 6) is 0. The maximum Gasteiger partial charge on any atom is 0.131 e. The molecule has 0 atom stereocenters. The first-order valence-electron chi connectivity index (χ1n) is 4.61. The van der Waals surface area contributed by atoms with Crippen molar-refractivity contribution in [3.05, 3.63) is 28.0 Å². The molecule has 1 saturated carbocycles. The van der Waals surface area contributed by atoms with Crippen LogP contribution in [0.1, 0.15) is 24.8 Å². The van der Waals surface area contributed by atoms with Gasteiger partial charge in [-0.2, -0.15) is 0 Å². The Labute approximate surface area is 92.9 Å². The van der Waals surface area contributed by atoms with E-state index in [1.165, 1.54) is 0 Å². The summed E-state index contributed by atoms with van der Waals surface area (Å²) in [7, 11) is 0. The van der Waals surface area contributed by atoms with Crippen molar-refractivity contribution in [3.8, 4) is 0 Å². The Morgan fingerprint density at radius 2 is 1.86 bits per heavy atom. The van der Waals surface area contributed by atoms with Gasteiger partial charge in [-0.3, -0.25) is 0 Å². The van der Waals surface area contributed by atoms with Crippen LogP contribution in [0.5, 0.6) is 0 Å². The van der Waals surface area contributed by atoms with E-state index in [0.29, 0.717) is 10.3 Å². The molecule has 0 aromatic carbocycles. The summed E-state index contributed by atoms with van der Waals surface area (Å²) in [6, 6.07) is 3.59. The highest BCUT2D eigenvalue weighted by Crippen LogP contribution is 2.44. The summed E-state index contributed by atoms with van der Waals surface area (Å²) in [5.41, 5.74) is 0.896. The van der Waals surface area contributed by atoms with Crippen molar-refractivity contribution in [3.63, 3.8) is 0 Å². The summed E-state index contributed by atoms with van der Waals surface area (Å²) in [6.07, 6.45) is 3.15. The number of rotatable bonds is 2. The summed E-state index contributed by atoms with van der Waals surface area (Å²) < 4.78 is 0. The van der Waals surface area contributed by atoms with E-state index in [4.69, 9.17) is 23.2 Å². The van der Waals surface area contributed by atoms with Gasteiger partial charge < -0.3 is 5.11 Å². The fraction of sp³-hybridized carbons (Fsp3) is 0.500. The maximum absolute atomic E-state index is 9.37. The quantitative estimate of drug-likeness (QED) is 0.795. The van der Waals surface area contributed by atoms with Gasteiger partial charge in [0.25, 0.3) is 0 Å². The number of aromatic nitrogens is 1. The molecule has 1 aromatic rings. The first-order chi connectivity index (χ1) is 6.66. The molecule has 0 bridgehead atoms. The predicted octanol–water partition coefficient (Wildman–Crippen LogP) is 2.80. The smallest absolute Gasteiger partial charge is 0.131 e. The molecule has 0 saturated heterocycles. The van der Waals surface area contributed by atoms with Crippen LogP contribution in [0.25, 0.3) is 0 Å². The minimum atomic E-state index is -0.115. The lowest BCUT2D eigenvalue weighted by atomic mass is 9.65. The number of pyridine rings is 1. The molecule has 1 heterocycles. The summed E-state index contributed by atoms with van der Waals surface area (Å²) in [4.78, 5) is 3.89. The Morgan fingerprint density at radius 3 is 2.21 bits per heavy atom. The topological polar surface area (TPSA) is 33.1 Å². The average molecular weight is 232 g/mol. The Bertz CT molecular complexity index is 324. The second kappa shape index (κ2) is 3.69. The highest BCUT2D eigenvalue weighted by Gasteiger charge is 2.38. The molecule has 76 valence electrons. The average Bonchev–Trinajstić information content (AvgIpc) is 2.01. The van der Waals surface area contributed by atoms with Crippen molar-refractivity contribution < 1.29 is 5.11 Å². The molecule has 0 unspecified atom stereocenters. The minimum absolute atomic E-state index is 0.115. The van der Waals surface area contributed by atoms with Crippen LogP contribution in [-0.4, -0.2) is 16.7 Å². The zero-order chi connectivity index (χ0) is 10.2. The SMILES string of the molecule is OCC1(c2cc(Cl)nc(Cl)c2)CCC1. The molecule has 1 fully saturated rings. The van der Waals surface area contributed by atoms with E-state index < -0.39 is 0 Å². The van der Waals surface area contributed by atoms with E-state index in [-0.39, 0.29) is 12.0 Å². The molecule has 1 N–H and O–H groups in total. The van der Waals surface area contributed by atoms with Crippen molar-refractivity contribution in [1.29, 1.82) is 0 Å². The van der Waals surface area contributed by atoms with Gasteiger partial charge in [0.05, 0.1) is 6.61 Å². The van der Waals surface area contributed by atoms with E-state index in [1.807, 2.05) is 0 Å². The van der Waals surface area contributed by atoms with Crippen LogP contribution >= 0.6 is 23.2 Å². The summed E-state index contributed by atoms with van der Waals surface area (Å²) in [5, 5.41) is 10.2. The highest BCUT2D eigenvalue weighted by atomic mass is 35.5. The largest absolute Gasteiger partial charge is 0.395 e. The Morgan fingerprint density at radius 1 is 1.29 bits per heavy atom. The van der Waals surface area contributed by atoms with Gasteiger partial charge in [0.2, 0.25) is 0 Å². The van der Waals surface area contributed by atoms with Gasteiger partial charge in [0, 0.05) is 5.41 Å². The molecule has 2 nitrogen and oxygen atoms in total. The third kappa shape index (κ3) is 1.62. The second-order valence-corrected chi connectivity index (χ2v) is 4.57. The number of hydrogen-bond donors (Lipinski definition) is 1. The molecular formula is C10H11Cl2NO. The lowest BCUT2D eigenvalue weighted by Crippen LogP contribution is -2.37. The third-order valence-corrected chi connectivity index (χ3v) is 3.38. The van der Waals surface area contributed by atoms with Gasteiger partial charge in [0.15, 0.2) is 0 Å². The lowest BCUT2D eigenvalue weighted by Gasteiger charge is -2.40. The Kier molecular flexibility index (Phi) is 2.69. The fourth-order valence-electron chi connectivity index (χ4n) is 1.91. The van der Waals surface area contributed by atoms with Crippen molar-refractivity contribution in [1.82, 2.24) is 4.98 Å². The second-order valence-electron chi connectivity index (χ2n) is 3.79. The molecule has 1 aliphatic carbocycles. The first kappa shape index (κ1) is 10.2. The zero-order valence-corrected chi connectivity index (χ0v) is 9.15. The molecule has 0 radical (unpaired) electrons. The number of aliphatic hydroxyl groups excluding tert-OH is 1. The monoisotopic (exact) mass is 231 g/mol. The van der Waals surface area contributed by atoms with Crippen molar-refractivity contribution >= 4 is 23.2 Å². The number of hydrogen-bond acceptors (Lipinski definition) is 2.